The zero-order valence-electron chi connectivity index (χ0n) is 12.9. The lowest BCUT2D eigenvalue weighted by molar-refractivity contribution is 0.493. The van der Waals surface area contributed by atoms with E-state index in [2.05, 4.69) is 22.2 Å². The largest absolute Gasteiger partial charge is 0.460 e. The first-order valence-electron chi connectivity index (χ1n) is 7.34. The van der Waals surface area contributed by atoms with Crippen molar-refractivity contribution in [1.29, 1.82) is 0 Å². The third kappa shape index (κ3) is 4.98. The molecule has 0 aliphatic heterocycles. The van der Waals surface area contributed by atoms with E-state index >= 15 is 0 Å². The minimum atomic E-state index is -3.11. The Morgan fingerprint density at radius 2 is 1.77 bits per heavy atom. The van der Waals surface area contributed by atoms with Gasteiger partial charge in [-0.2, -0.15) is 0 Å². The molecule has 0 fully saturated rings. The number of nitrogens with one attached hydrogen (secondary N) is 2. The van der Waals surface area contributed by atoms with Gasteiger partial charge in [0.05, 0.1) is 12.3 Å². The van der Waals surface area contributed by atoms with E-state index in [4.69, 9.17) is 4.42 Å². The second-order valence-corrected chi connectivity index (χ2v) is 7.20. The zero-order chi connectivity index (χ0) is 16.0. The van der Waals surface area contributed by atoms with Crippen LogP contribution in [0.4, 0.5) is 0 Å². The smallest absolute Gasteiger partial charge is 0.211 e. The molecule has 0 radical (unpaired) electrons. The van der Waals surface area contributed by atoms with Gasteiger partial charge in [0.1, 0.15) is 11.5 Å². The molecule has 0 saturated heterocycles. The maximum atomic E-state index is 11.3. The molecule has 120 valence electrons. The van der Waals surface area contributed by atoms with Crippen LogP contribution < -0.4 is 10.0 Å². The molecule has 2 aromatic rings. The summed E-state index contributed by atoms with van der Waals surface area (Å²) in [4.78, 5) is 0. The lowest BCUT2D eigenvalue weighted by Crippen LogP contribution is -2.32. The highest BCUT2D eigenvalue weighted by Crippen LogP contribution is 2.22. The van der Waals surface area contributed by atoms with Gasteiger partial charge in [-0.3, -0.25) is 0 Å². The van der Waals surface area contributed by atoms with Gasteiger partial charge < -0.3 is 9.73 Å². The normalized spacial score (nSPS) is 11.7. The van der Waals surface area contributed by atoms with E-state index in [1.165, 1.54) is 5.56 Å². The van der Waals surface area contributed by atoms with Gasteiger partial charge in [-0.1, -0.05) is 29.8 Å². The van der Waals surface area contributed by atoms with Crippen LogP contribution in [0.25, 0.3) is 11.3 Å². The second-order valence-electron chi connectivity index (χ2n) is 5.11. The van der Waals surface area contributed by atoms with Crippen molar-refractivity contribution in [1.82, 2.24) is 10.0 Å². The Hall–Kier alpha value is -1.63. The fourth-order valence-electron chi connectivity index (χ4n) is 1.95. The summed E-state index contributed by atoms with van der Waals surface area (Å²) in [5.41, 5.74) is 2.26. The first-order valence-corrected chi connectivity index (χ1v) is 8.99. The minimum Gasteiger partial charge on any atom is -0.460 e. The fourth-order valence-corrected chi connectivity index (χ4v) is 2.57. The minimum absolute atomic E-state index is 0.102. The van der Waals surface area contributed by atoms with Crippen LogP contribution in [0, 0.1) is 6.92 Å². The summed E-state index contributed by atoms with van der Waals surface area (Å²) in [6, 6.07) is 12.0. The summed E-state index contributed by atoms with van der Waals surface area (Å²) in [5, 5.41) is 3.15. The molecule has 0 saturated carbocycles. The highest BCUT2D eigenvalue weighted by Gasteiger charge is 2.06. The molecular formula is C16H22N2O3S. The van der Waals surface area contributed by atoms with E-state index in [0.717, 1.165) is 17.1 Å². The van der Waals surface area contributed by atoms with Crippen LogP contribution in [0.2, 0.25) is 0 Å². The van der Waals surface area contributed by atoms with Crippen LogP contribution in [-0.2, 0) is 16.6 Å². The number of rotatable bonds is 8. The summed E-state index contributed by atoms with van der Waals surface area (Å²) in [7, 11) is -3.11. The number of benzene rings is 1. The molecule has 0 unspecified atom stereocenters. The second kappa shape index (κ2) is 7.58. The Morgan fingerprint density at radius 3 is 2.45 bits per heavy atom. The Bertz CT molecular complexity index is 690. The van der Waals surface area contributed by atoms with Gasteiger partial charge in [-0.15, -0.1) is 0 Å². The Balaban J connectivity index is 1.79. The lowest BCUT2D eigenvalue weighted by atomic mass is 10.1. The Morgan fingerprint density at radius 1 is 1.05 bits per heavy atom. The van der Waals surface area contributed by atoms with E-state index in [1.807, 2.05) is 31.2 Å². The molecule has 6 heteroatoms. The van der Waals surface area contributed by atoms with Gasteiger partial charge in [-0.05, 0) is 26.0 Å². The molecule has 0 amide bonds. The predicted octanol–water partition coefficient (Wildman–Crippen LogP) is 2.28. The van der Waals surface area contributed by atoms with Gasteiger partial charge in [0.15, 0.2) is 0 Å². The number of sulfonamides is 1. The van der Waals surface area contributed by atoms with Crippen LogP contribution in [0.3, 0.4) is 0 Å². The SMILES string of the molecule is CCS(=O)(=O)NCCNCc1ccc(-c2ccc(C)cc2)o1. The average Bonchev–Trinajstić information content (AvgIpc) is 2.96. The first-order chi connectivity index (χ1) is 10.5. The molecule has 2 N–H and O–H groups in total. The summed E-state index contributed by atoms with van der Waals surface area (Å²) >= 11 is 0. The third-order valence-electron chi connectivity index (χ3n) is 3.30. The molecule has 0 atom stereocenters. The van der Waals surface area contributed by atoms with E-state index < -0.39 is 10.0 Å². The molecule has 1 heterocycles. The fraction of sp³-hybridized carbons (Fsp3) is 0.375. The molecule has 0 bridgehead atoms. The van der Waals surface area contributed by atoms with Crippen molar-refractivity contribution < 1.29 is 12.8 Å². The van der Waals surface area contributed by atoms with Gasteiger partial charge in [-0.25, -0.2) is 13.1 Å². The van der Waals surface area contributed by atoms with Crippen LogP contribution >= 0.6 is 0 Å². The number of furan rings is 1. The topological polar surface area (TPSA) is 71.3 Å². The van der Waals surface area contributed by atoms with Gasteiger partial charge in [0.25, 0.3) is 0 Å². The molecule has 1 aromatic heterocycles. The van der Waals surface area contributed by atoms with Gasteiger partial charge in [0, 0.05) is 18.7 Å². The van der Waals surface area contributed by atoms with Crippen molar-refractivity contribution in [2.75, 3.05) is 18.8 Å². The summed E-state index contributed by atoms with van der Waals surface area (Å²) < 4.78 is 30.8. The van der Waals surface area contributed by atoms with Crippen molar-refractivity contribution in [2.45, 2.75) is 20.4 Å². The molecule has 1 aromatic carbocycles. The summed E-state index contributed by atoms with van der Waals surface area (Å²) in [6.45, 7) is 5.17. The molecule has 0 aliphatic rings. The molecule has 22 heavy (non-hydrogen) atoms. The quantitative estimate of drug-likeness (QED) is 0.732. The van der Waals surface area contributed by atoms with Crippen LogP contribution in [0.15, 0.2) is 40.8 Å². The standard InChI is InChI=1S/C16H22N2O3S/c1-3-22(19,20)18-11-10-17-12-15-8-9-16(21-15)14-6-4-13(2)5-7-14/h4-9,17-18H,3,10-12H2,1-2H3. The molecule has 5 nitrogen and oxygen atoms in total. The monoisotopic (exact) mass is 322 g/mol. The zero-order valence-corrected chi connectivity index (χ0v) is 13.7. The lowest BCUT2D eigenvalue weighted by Gasteiger charge is -2.05. The van der Waals surface area contributed by atoms with Crippen molar-refractivity contribution in [3.8, 4) is 11.3 Å². The van der Waals surface area contributed by atoms with Crippen LogP contribution in [-0.4, -0.2) is 27.3 Å². The van der Waals surface area contributed by atoms with E-state index in [-0.39, 0.29) is 5.75 Å². The summed E-state index contributed by atoms with van der Waals surface area (Å²) in [6.07, 6.45) is 0. The highest BCUT2D eigenvalue weighted by molar-refractivity contribution is 7.89. The highest BCUT2D eigenvalue weighted by atomic mass is 32.2. The third-order valence-corrected chi connectivity index (χ3v) is 4.70. The van der Waals surface area contributed by atoms with Crippen LogP contribution in [0.1, 0.15) is 18.2 Å². The maximum Gasteiger partial charge on any atom is 0.211 e. The Kier molecular flexibility index (Phi) is 5.76. The molecule has 2 rings (SSSR count). The van der Waals surface area contributed by atoms with Crippen LogP contribution in [0.5, 0.6) is 0 Å². The van der Waals surface area contributed by atoms with Gasteiger partial charge >= 0.3 is 0 Å². The van der Waals surface area contributed by atoms with Crippen molar-refractivity contribution in [2.24, 2.45) is 0 Å². The van der Waals surface area contributed by atoms with Crippen molar-refractivity contribution in [3.05, 3.63) is 47.7 Å². The van der Waals surface area contributed by atoms with E-state index in [1.54, 1.807) is 6.92 Å². The van der Waals surface area contributed by atoms with Crippen molar-refractivity contribution >= 4 is 10.0 Å². The Labute approximate surface area is 131 Å². The van der Waals surface area contributed by atoms with E-state index in [9.17, 15) is 8.42 Å². The number of aryl methyl sites for hydroxylation is 1. The van der Waals surface area contributed by atoms with Crippen molar-refractivity contribution in [3.63, 3.8) is 0 Å². The van der Waals surface area contributed by atoms with E-state index in [0.29, 0.717) is 19.6 Å². The summed E-state index contributed by atoms with van der Waals surface area (Å²) in [5.74, 6) is 1.77. The predicted molar refractivity (Wildman–Crippen MR) is 88.1 cm³/mol. The maximum absolute atomic E-state index is 11.3. The number of hydrogen-bond donors (Lipinski definition) is 2. The first kappa shape index (κ1) is 16.7. The molecule has 0 aliphatic carbocycles. The van der Waals surface area contributed by atoms with Gasteiger partial charge in [0.2, 0.25) is 10.0 Å². The molecular weight excluding hydrogens is 300 g/mol. The number of hydrogen-bond acceptors (Lipinski definition) is 4. The average molecular weight is 322 g/mol. The molecule has 0 spiro atoms.